The highest BCUT2D eigenvalue weighted by molar-refractivity contribution is 5.92. The van der Waals surface area contributed by atoms with Crippen LogP contribution in [0.1, 0.15) is 15.9 Å². The van der Waals surface area contributed by atoms with E-state index in [-0.39, 0.29) is 5.56 Å². The van der Waals surface area contributed by atoms with Gasteiger partial charge in [-0.05, 0) is 6.07 Å². The number of esters is 1. The number of halogens is 3. The highest BCUT2D eigenvalue weighted by atomic mass is 19.4. The fourth-order valence-electron chi connectivity index (χ4n) is 0.961. The summed E-state index contributed by atoms with van der Waals surface area (Å²) in [7, 11) is 0.985. The number of carbonyl (C=O) groups is 1. The number of nitriles is 1. The van der Waals surface area contributed by atoms with Crippen LogP contribution in [0.25, 0.3) is 0 Å². The Kier molecular flexibility index (Phi) is 3.52. The van der Waals surface area contributed by atoms with Gasteiger partial charge in [-0.25, -0.2) is 9.78 Å². The van der Waals surface area contributed by atoms with E-state index in [0.717, 1.165) is 19.4 Å². The van der Waals surface area contributed by atoms with Crippen LogP contribution in [0.2, 0.25) is 0 Å². The van der Waals surface area contributed by atoms with Crippen LogP contribution in [0, 0.1) is 11.3 Å². The third kappa shape index (κ3) is 3.34. The Morgan fingerprint density at radius 2 is 2.18 bits per heavy atom. The average Bonchev–Trinajstić information content (AvgIpc) is 2.26. The summed E-state index contributed by atoms with van der Waals surface area (Å²) in [6.45, 7) is 0. The van der Waals surface area contributed by atoms with E-state index in [0.29, 0.717) is 0 Å². The van der Waals surface area contributed by atoms with Gasteiger partial charge in [-0.1, -0.05) is 0 Å². The minimum Gasteiger partial charge on any atom is -0.465 e. The third-order valence-electron chi connectivity index (χ3n) is 1.60. The van der Waals surface area contributed by atoms with Crippen molar-refractivity contribution in [3.8, 4) is 11.9 Å². The topological polar surface area (TPSA) is 72.2 Å². The molecule has 0 aliphatic rings. The van der Waals surface area contributed by atoms with Crippen LogP contribution in [0.5, 0.6) is 5.88 Å². The van der Waals surface area contributed by atoms with Crippen molar-refractivity contribution < 1.29 is 27.4 Å². The maximum atomic E-state index is 12.0. The molecule has 0 aliphatic heterocycles. The van der Waals surface area contributed by atoms with Crippen LogP contribution >= 0.6 is 0 Å². The molecular weight excluding hydrogens is 241 g/mol. The van der Waals surface area contributed by atoms with Gasteiger partial charge in [-0.3, -0.25) is 0 Å². The molecule has 0 aromatic carbocycles. The lowest BCUT2D eigenvalue weighted by atomic mass is 10.2. The van der Waals surface area contributed by atoms with Crippen LogP contribution in [0.3, 0.4) is 0 Å². The van der Waals surface area contributed by atoms with Gasteiger partial charge < -0.3 is 9.47 Å². The summed E-state index contributed by atoms with van der Waals surface area (Å²) < 4.78 is 43.8. The number of methoxy groups -OCH3 is 1. The van der Waals surface area contributed by atoms with Gasteiger partial charge in [-0.15, -0.1) is 13.2 Å². The number of hydrogen-bond acceptors (Lipinski definition) is 5. The molecule has 0 radical (unpaired) electrons. The summed E-state index contributed by atoms with van der Waals surface area (Å²) in [5, 5.41) is 8.53. The molecule has 1 heterocycles. The molecule has 8 heteroatoms. The van der Waals surface area contributed by atoms with Crippen molar-refractivity contribution in [2.45, 2.75) is 6.36 Å². The molecular formula is C9H5F3N2O3. The molecule has 0 aliphatic carbocycles. The molecule has 1 aromatic rings. The second-order valence-electron chi connectivity index (χ2n) is 2.73. The third-order valence-corrected chi connectivity index (χ3v) is 1.60. The molecule has 0 spiro atoms. The molecule has 1 aromatic heterocycles. The molecule has 17 heavy (non-hydrogen) atoms. The SMILES string of the molecule is COC(=O)c1cc(C#N)cnc1OC(F)(F)F. The van der Waals surface area contributed by atoms with E-state index >= 15 is 0 Å². The summed E-state index contributed by atoms with van der Waals surface area (Å²) in [6, 6.07) is 2.53. The van der Waals surface area contributed by atoms with E-state index in [1.54, 1.807) is 6.07 Å². The van der Waals surface area contributed by atoms with Gasteiger partial charge in [0.1, 0.15) is 11.6 Å². The van der Waals surface area contributed by atoms with Gasteiger partial charge in [0.2, 0.25) is 5.88 Å². The molecule has 0 saturated carbocycles. The quantitative estimate of drug-likeness (QED) is 0.741. The van der Waals surface area contributed by atoms with Gasteiger partial charge in [0.25, 0.3) is 0 Å². The standard InChI is InChI=1S/C9H5F3N2O3/c1-16-8(15)6-2-5(3-13)4-14-7(6)17-9(10,11)12/h2,4H,1H3. The largest absolute Gasteiger partial charge is 0.574 e. The molecule has 0 atom stereocenters. The van der Waals surface area contributed by atoms with E-state index in [9.17, 15) is 18.0 Å². The zero-order valence-electron chi connectivity index (χ0n) is 8.41. The zero-order chi connectivity index (χ0) is 13.1. The molecule has 90 valence electrons. The number of rotatable bonds is 2. The van der Waals surface area contributed by atoms with E-state index in [1.165, 1.54) is 0 Å². The van der Waals surface area contributed by atoms with Crippen LogP contribution in [-0.4, -0.2) is 24.4 Å². The maximum absolute atomic E-state index is 12.0. The van der Waals surface area contributed by atoms with Crippen molar-refractivity contribution in [2.24, 2.45) is 0 Å². The lowest BCUT2D eigenvalue weighted by Gasteiger charge is -2.10. The highest BCUT2D eigenvalue weighted by Gasteiger charge is 2.34. The minimum absolute atomic E-state index is 0.0834. The predicted molar refractivity (Wildman–Crippen MR) is 47.0 cm³/mol. The van der Waals surface area contributed by atoms with Crippen molar-refractivity contribution >= 4 is 5.97 Å². The Balaban J connectivity index is 3.21. The Hall–Kier alpha value is -2.30. The number of aromatic nitrogens is 1. The Labute approximate surface area is 93.4 Å². The summed E-state index contributed by atoms with van der Waals surface area (Å²) in [5.41, 5.74) is -0.649. The van der Waals surface area contributed by atoms with E-state index < -0.39 is 23.8 Å². The molecule has 5 nitrogen and oxygen atoms in total. The van der Waals surface area contributed by atoms with Crippen LogP contribution in [0.15, 0.2) is 12.3 Å². The molecule has 1 rings (SSSR count). The summed E-state index contributed by atoms with van der Waals surface area (Å²) in [4.78, 5) is 14.4. The Morgan fingerprint density at radius 3 is 2.65 bits per heavy atom. The van der Waals surface area contributed by atoms with Gasteiger partial charge in [0.05, 0.1) is 12.7 Å². The lowest BCUT2D eigenvalue weighted by Crippen LogP contribution is -2.20. The van der Waals surface area contributed by atoms with Crippen LogP contribution < -0.4 is 4.74 Å². The lowest BCUT2D eigenvalue weighted by molar-refractivity contribution is -0.276. The first-order valence-electron chi connectivity index (χ1n) is 4.11. The number of hydrogen-bond donors (Lipinski definition) is 0. The number of pyridine rings is 1. The first-order chi connectivity index (χ1) is 7.87. The number of ether oxygens (including phenoxy) is 2. The smallest absolute Gasteiger partial charge is 0.465 e. The fourth-order valence-corrected chi connectivity index (χ4v) is 0.961. The number of alkyl halides is 3. The van der Waals surface area contributed by atoms with Crippen molar-refractivity contribution in [3.63, 3.8) is 0 Å². The van der Waals surface area contributed by atoms with Gasteiger partial charge >= 0.3 is 12.3 Å². The normalized spacial score (nSPS) is 10.5. The molecule has 0 unspecified atom stereocenters. The first-order valence-corrected chi connectivity index (χ1v) is 4.11. The Morgan fingerprint density at radius 1 is 1.53 bits per heavy atom. The van der Waals surface area contributed by atoms with Crippen molar-refractivity contribution in [3.05, 3.63) is 23.4 Å². The highest BCUT2D eigenvalue weighted by Crippen LogP contribution is 2.25. The second-order valence-corrected chi connectivity index (χ2v) is 2.73. The van der Waals surface area contributed by atoms with Gasteiger partial charge in [0, 0.05) is 6.20 Å². The summed E-state index contributed by atoms with van der Waals surface area (Å²) >= 11 is 0. The monoisotopic (exact) mass is 246 g/mol. The van der Waals surface area contributed by atoms with Crippen molar-refractivity contribution in [1.29, 1.82) is 5.26 Å². The molecule has 0 N–H and O–H groups in total. The van der Waals surface area contributed by atoms with E-state index in [4.69, 9.17) is 5.26 Å². The second kappa shape index (κ2) is 4.69. The zero-order valence-corrected chi connectivity index (χ0v) is 8.41. The van der Waals surface area contributed by atoms with E-state index in [1.807, 2.05) is 0 Å². The number of nitrogens with zero attached hydrogens (tertiary/aromatic N) is 2. The molecule has 0 bridgehead atoms. The maximum Gasteiger partial charge on any atom is 0.574 e. The van der Waals surface area contributed by atoms with Crippen molar-refractivity contribution in [1.82, 2.24) is 4.98 Å². The Bertz CT molecular complexity index is 479. The van der Waals surface area contributed by atoms with Crippen LogP contribution in [0.4, 0.5) is 13.2 Å². The fraction of sp³-hybridized carbons (Fsp3) is 0.222. The number of carbonyl (C=O) groups excluding carboxylic acids is 1. The molecule has 0 saturated heterocycles. The molecule has 0 fully saturated rings. The summed E-state index contributed by atoms with van der Waals surface area (Å²) in [5.74, 6) is -2.03. The minimum atomic E-state index is -4.98. The summed E-state index contributed by atoms with van der Waals surface area (Å²) in [6.07, 6.45) is -4.13. The van der Waals surface area contributed by atoms with Gasteiger partial charge in [-0.2, -0.15) is 5.26 Å². The van der Waals surface area contributed by atoms with Gasteiger partial charge in [0.15, 0.2) is 0 Å². The van der Waals surface area contributed by atoms with Crippen molar-refractivity contribution in [2.75, 3.05) is 7.11 Å². The predicted octanol–water partition coefficient (Wildman–Crippen LogP) is 1.64. The first kappa shape index (κ1) is 12.8. The van der Waals surface area contributed by atoms with Crippen LogP contribution in [-0.2, 0) is 4.74 Å². The average molecular weight is 246 g/mol. The van der Waals surface area contributed by atoms with E-state index in [2.05, 4.69) is 14.5 Å². The molecule has 0 amide bonds.